The number of hydrogen-bond acceptors (Lipinski definition) is 4. The van der Waals surface area contributed by atoms with Crippen LogP contribution < -0.4 is 5.32 Å². The standard InChI is InChI=1S/C18H19F2N3O3/c1-3-16(24)21-10(2)18(25)23-5-4-15-14(9-23)22-17(26-15)11-6-12(19)8-13(20)7-11/h6-8,10H,3-5,9H2,1-2H3,(H,21,24). The molecular formula is C18H19F2N3O3. The van der Waals surface area contributed by atoms with Gasteiger partial charge in [-0.3, -0.25) is 9.59 Å². The molecule has 26 heavy (non-hydrogen) atoms. The van der Waals surface area contributed by atoms with Crippen molar-refractivity contribution in [2.75, 3.05) is 6.54 Å². The number of aromatic nitrogens is 1. The summed E-state index contributed by atoms with van der Waals surface area (Å²) >= 11 is 0. The first-order valence-electron chi connectivity index (χ1n) is 8.40. The number of benzene rings is 1. The normalized spacial score (nSPS) is 14.7. The van der Waals surface area contributed by atoms with Crippen LogP contribution in [0, 0.1) is 11.6 Å². The van der Waals surface area contributed by atoms with Gasteiger partial charge in [0.2, 0.25) is 17.7 Å². The van der Waals surface area contributed by atoms with Crippen LogP contribution in [0.25, 0.3) is 11.5 Å². The molecule has 8 heteroatoms. The lowest BCUT2D eigenvalue weighted by atomic mass is 10.1. The van der Waals surface area contributed by atoms with Crippen molar-refractivity contribution in [3.8, 4) is 11.5 Å². The van der Waals surface area contributed by atoms with Crippen LogP contribution in [-0.4, -0.2) is 34.3 Å². The molecule has 0 saturated carbocycles. The molecule has 0 saturated heterocycles. The molecule has 1 aromatic heterocycles. The summed E-state index contributed by atoms with van der Waals surface area (Å²) in [5.41, 5.74) is 0.761. The van der Waals surface area contributed by atoms with E-state index in [1.165, 1.54) is 0 Å². The van der Waals surface area contributed by atoms with Crippen LogP contribution in [-0.2, 0) is 22.6 Å². The topological polar surface area (TPSA) is 75.4 Å². The SMILES string of the molecule is CCC(=O)NC(C)C(=O)N1CCc2oc(-c3cc(F)cc(F)c3)nc2C1. The fourth-order valence-electron chi connectivity index (χ4n) is 2.87. The lowest BCUT2D eigenvalue weighted by Crippen LogP contribution is -2.48. The molecule has 0 bridgehead atoms. The number of hydrogen-bond donors (Lipinski definition) is 1. The molecule has 1 atom stereocenters. The third kappa shape index (κ3) is 3.74. The predicted octanol–water partition coefficient (Wildman–Crippen LogP) is 2.42. The van der Waals surface area contributed by atoms with Crippen molar-refractivity contribution >= 4 is 11.8 Å². The molecule has 2 aromatic rings. The molecule has 1 N–H and O–H groups in total. The molecule has 2 heterocycles. The Kier molecular flexibility index (Phi) is 5.01. The highest BCUT2D eigenvalue weighted by Gasteiger charge is 2.29. The molecule has 0 aliphatic carbocycles. The van der Waals surface area contributed by atoms with E-state index < -0.39 is 17.7 Å². The summed E-state index contributed by atoms with van der Waals surface area (Å²) in [7, 11) is 0. The number of amides is 2. The van der Waals surface area contributed by atoms with Crippen molar-refractivity contribution in [3.05, 3.63) is 41.3 Å². The van der Waals surface area contributed by atoms with Crippen LogP contribution in [0.3, 0.4) is 0 Å². The van der Waals surface area contributed by atoms with Gasteiger partial charge in [-0.1, -0.05) is 6.92 Å². The Hall–Kier alpha value is -2.77. The third-order valence-electron chi connectivity index (χ3n) is 4.22. The third-order valence-corrected chi connectivity index (χ3v) is 4.22. The summed E-state index contributed by atoms with van der Waals surface area (Å²) in [5, 5.41) is 2.64. The number of rotatable bonds is 4. The number of nitrogens with zero attached hydrogens (tertiary/aromatic N) is 2. The maximum absolute atomic E-state index is 13.4. The van der Waals surface area contributed by atoms with Gasteiger partial charge < -0.3 is 14.6 Å². The van der Waals surface area contributed by atoms with Gasteiger partial charge in [-0.05, 0) is 19.1 Å². The molecule has 2 amide bonds. The molecule has 3 rings (SSSR count). The van der Waals surface area contributed by atoms with Crippen molar-refractivity contribution < 1.29 is 22.8 Å². The van der Waals surface area contributed by atoms with Crippen molar-refractivity contribution in [1.29, 1.82) is 0 Å². The van der Waals surface area contributed by atoms with E-state index in [4.69, 9.17) is 4.42 Å². The summed E-state index contributed by atoms with van der Waals surface area (Å²) in [6.45, 7) is 3.99. The van der Waals surface area contributed by atoms with Crippen molar-refractivity contribution in [2.45, 2.75) is 39.3 Å². The smallest absolute Gasteiger partial charge is 0.245 e. The largest absolute Gasteiger partial charge is 0.441 e. The van der Waals surface area contributed by atoms with E-state index in [2.05, 4.69) is 10.3 Å². The lowest BCUT2D eigenvalue weighted by Gasteiger charge is -2.28. The summed E-state index contributed by atoms with van der Waals surface area (Å²) in [6, 6.07) is 2.43. The van der Waals surface area contributed by atoms with Crippen LogP contribution in [0.2, 0.25) is 0 Å². The maximum atomic E-state index is 13.4. The number of oxazole rings is 1. The summed E-state index contributed by atoms with van der Waals surface area (Å²) in [5.74, 6) is -1.12. The minimum Gasteiger partial charge on any atom is -0.441 e. The average molecular weight is 363 g/mol. The van der Waals surface area contributed by atoms with Gasteiger partial charge in [-0.2, -0.15) is 0 Å². The summed E-state index contributed by atoms with van der Waals surface area (Å²) in [6.07, 6.45) is 0.749. The Morgan fingerprint density at radius 1 is 1.31 bits per heavy atom. The zero-order valence-electron chi connectivity index (χ0n) is 14.5. The number of carbonyl (C=O) groups is 2. The first kappa shape index (κ1) is 18.0. The summed E-state index contributed by atoms with van der Waals surface area (Å²) < 4.78 is 32.4. The van der Waals surface area contributed by atoms with Gasteiger partial charge in [0.05, 0.1) is 6.54 Å². The van der Waals surface area contributed by atoms with Crippen LogP contribution in [0.4, 0.5) is 8.78 Å². The van der Waals surface area contributed by atoms with E-state index in [0.29, 0.717) is 30.8 Å². The predicted molar refractivity (Wildman–Crippen MR) is 88.9 cm³/mol. The van der Waals surface area contributed by atoms with Crippen LogP contribution >= 0.6 is 0 Å². The van der Waals surface area contributed by atoms with Crippen molar-refractivity contribution in [3.63, 3.8) is 0 Å². The zero-order valence-corrected chi connectivity index (χ0v) is 14.5. The number of carbonyl (C=O) groups excluding carboxylic acids is 2. The highest BCUT2D eigenvalue weighted by molar-refractivity contribution is 5.87. The highest BCUT2D eigenvalue weighted by atomic mass is 19.1. The fraction of sp³-hybridized carbons (Fsp3) is 0.389. The van der Waals surface area contributed by atoms with E-state index in [9.17, 15) is 18.4 Å². The number of fused-ring (bicyclic) bond motifs is 1. The first-order chi connectivity index (χ1) is 12.4. The number of halogens is 2. The van der Waals surface area contributed by atoms with Crippen molar-refractivity contribution in [1.82, 2.24) is 15.2 Å². The molecule has 0 radical (unpaired) electrons. The molecule has 1 unspecified atom stereocenters. The first-order valence-corrected chi connectivity index (χ1v) is 8.40. The van der Waals surface area contributed by atoms with E-state index >= 15 is 0 Å². The average Bonchev–Trinajstić information content (AvgIpc) is 3.03. The quantitative estimate of drug-likeness (QED) is 0.905. The molecule has 1 aliphatic rings. The van der Waals surface area contributed by atoms with Gasteiger partial charge in [-0.15, -0.1) is 0 Å². The zero-order chi connectivity index (χ0) is 18.8. The molecule has 0 spiro atoms. The molecular weight excluding hydrogens is 344 g/mol. The minimum absolute atomic E-state index is 0.120. The van der Waals surface area contributed by atoms with Gasteiger partial charge in [0.1, 0.15) is 29.1 Å². The molecule has 1 aliphatic heterocycles. The van der Waals surface area contributed by atoms with E-state index in [0.717, 1.165) is 18.2 Å². The second-order valence-corrected chi connectivity index (χ2v) is 6.20. The minimum atomic E-state index is -0.714. The van der Waals surface area contributed by atoms with Gasteiger partial charge in [0, 0.05) is 31.0 Å². The Balaban J connectivity index is 1.76. The molecule has 138 valence electrons. The highest BCUT2D eigenvalue weighted by Crippen LogP contribution is 2.27. The van der Waals surface area contributed by atoms with Crippen LogP contribution in [0.15, 0.2) is 22.6 Å². The van der Waals surface area contributed by atoms with Gasteiger partial charge in [-0.25, -0.2) is 13.8 Å². The molecule has 6 nitrogen and oxygen atoms in total. The Morgan fingerprint density at radius 3 is 2.65 bits per heavy atom. The van der Waals surface area contributed by atoms with Crippen LogP contribution in [0.5, 0.6) is 0 Å². The van der Waals surface area contributed by atoms with E-state index in [1.807, 2.05) is 0 Å². The second-order valence-electron chi connectivity index (χ2n) is 6.20. The van der Waals surface area contributed by atoms with Gasteiger partial charge >= 0.3 is 0 Å². The maximum Gasteiger partial charge on any atom is 0.245 e. The monoisotopic (exact) mass is 363 g/mol. The molecule has 0 fully saturated rings. The second kappa shape index (κ2) is 7.23. The number of nitrogens with one attached hydrogen (secondary N) is 1. The Morgan fingerprint density at radius 2 is 2.00 bits per heavy atom. The van der Waals surface area contributed by atoms with E-state index in [1.54, 1.807) is 18.7 Å². The van der Waals surface area contributed by atoms with Crippen LogP contribution in [0.1, 0.15) is 31.7 Å². The van der Waals surface area contributed by atoms with Crippen molar-refractivity contribution in [2.24, 2.45) is 0 Å². The summed E-state index contributed by atoms with van der Waals surface area (Å²) in [4.78, 5) is 29.8. The van der Waals surface area contributed by atoms with E-state index in [-0.39, 0.29) is 29.8 Å². The Bertz CT molecular complexity index is 830. The van der Waals surface area contributed by atoms with Gasteiger partial charge in [0.15, 0.2) is 0 Å². The Labute approximate surface area is 149 Å². The lowest BCUT2D eigenvalue weighted by molar-refractivity contribution is -0.136. The fourth-order valence-corrected chi connectivity index (χ4v) is 2.87. The molecule has 1 aromatic carbocycles. The van der Waals surface area contributed by atoms with Gasteiger partial charge in [0.25, 0.3) is 0 Å².